The normalized spacial score (nSPS) is 16.2. The number of carbonyl (C=O) groups excluding carboxylic acids is 1. The molecule has 0 unspecified atom stereocenters. The number of nitrogens with zero attached hydrogens (tertiary/aromatic N) is 2. The summed E-state index contributed by atoms with van der Waals surface area (Å²) in [5, 5.41) is 1.79. The first-order chi connectivity index (χ1) is 13.5. The van der Waals surface area contributed by atoms with Crippen LogP contribution in [0.2, 0.25) is 0 Å². The number of piperidine rings is 1. The zero-order chi connectivity index (χ0) is 19.7. The lowest BCUT2D eigenvalue weighted by atomic mass is 10.0. The number of hydrogen-bond donors (Lipinski definition) is 1. The molecule has 8 heteroatoms. The van der Waals surface area contributed by atoms with E-state index < -0.39 is 6.10 Å². The predicted octanol–water partition coefficient (Wildman–Crippen LogP) is 2.38. The largest absolute Gasteiger partial charge is 0.481 e. The van der Waals surface area contributed by atoms with E-state index in [2.05, 4.69) is 4.98 Å². The van der Waals surface area contributed by atoms with E-state index in [4.69, 9.17) is 4.74 Å². The number of likely N-dealkylation sites (tertiary alicyclic amines) is 1. The van der Waals surface area contributed by atoms with Gasteiger partial charge in [0, 0.05) is 19.1 Å². The maximum atomic E-state index is 12.7. The number of carbonyl (C=O) groups is 1. The van der Waals surface area contributed by atoms with Crippen LogP contribution in [0.1, 0.15) is 25.8 Å². The molecule has 1 N–H and O–H groups in total. The Hall–Kier alpha value is -2.87. The van der Waals surface area contributed by atoms with E-state index in [1.807, 2.05) is 30.3 Å². The molecule has 1 aliphatic rings. The molecular weight excluding hydrogens is 378 g/mol. The minimum Gasteiger partial charge on any atom is -0.481 e. The van der Waals surface area contributed by atoms with Crippen LogP contribution in [0.3, 0.4) is 0 Å². The summed E-state index contributed by atoms with van der Waals surface area (Å²) < 4.78 is 7.59. The summed E-state index contributed by atoms with van der Waals surface area (Å²) in [5.74, 6) is 0.567. The highest BCUT2D eigenvalue weighted by atomic mass is 32.1. The first-order valence-corrected chi connectivity index (χ1v) is 10.1. The molecular formula is C20H21N3O4S. The van der Waals surface area contributed by atoms with Crippen molar-refractivity contribution in [1.82, 2.24) is 14.5 Å². The fraction of sp³-hybridized carbons (Fsp3) is 0.350. The maximum Gasteiger partial charge on any atom is 0.329 e. The van der Waals surface area contributed by atoms with E-state index in [1.165, 1.54) is 15.9 Å². The maximum absolute atomic E-state index is 12.7. The Balaban J connectivity index is 1.44. The van der Waals surface area contributed by atoms with Crippen molar-refractivity contribution in [2.45, 2.75) is 31.9 Å². The van der Waals surface area contributed by atoms with Crippen molar-refractivity contribution in [3.05, 3.63) is 62.6 Å². The lowest BCUT2D eigenvalue weighted by Crippen LogP contribution is -2.47. The number of nitrogens with one attached hydrogen (secondary N) is 1. The number of ether oxygens (including phenoxy) is 1. The van der Waals surface area contributed by atoms with Gasteiger partial charge in [-0.1, -0.05) is 18.2 Å². The standard InChI is InChI=1S/C20H21N3O4S/c1-13(27-15-5-3-2-4-6-15)18(24)22-10-7-14(8-11-22)23-19(25)17-16(9-12-28-17)21-20(23)26/h2-6,9,12-14H,7-8,10-11H2,1H3,(H,21,26)/t13-/m0/s1. The molecule has 0 radical (unpaired) electrons. The summed E-state index contributed by atoms with van der Waals surface area (Å²) in [7, 11) is 0. The van der Waals surface area contributed by atoms with Gasteiger partial charge in [-0.3, -0.25) is 14.2 Å². The fourth-order valence-electron chi connectivity index (χ4n) is 3.64. The molecule has 4 rings (SSSR count). The van der Waals surface area contributed by atoms with E-state index in [0.717, 1.165) is 0 Å². The molecule has 1 saturated heterocycles. The predicted molar refractivity (Wildman–Crippen MR) is 108 cm³/mol. The van der Waals surface area contributed by atoms with Crippen molar-refractivity contribution >= 4 is 27.5 Å². The van der Waals surface area contributed by atoms with Gasteiger partial charge in [-0.25, -0.2) is 4.79 Å². The lowest BCUT2D eigenvalue weighted by molar-refractivity contribution is -0.139. The molecule has 0 aliphatic carbocycles. The Morgan fingerprint density at radius 2 is 1.89 bits per heavy atom. The monoisotopic (exact) mass is 399 g/mol. The average Bonchev–Trinajstić information content (AvgIpc) is 3.17. The number of para-hydroxylation sites is 1. The molecule has 2 aromatic heterocycles. The molecule has 0 saturated carbocycles. The summed E-state index contributed by atoms with van der Waals surface area (Å²) in [6.07, 6.45) is 0.528. The van der Waals surface area contributed by atoms with Gasteiger partial charge in [0.25, 0.3) is 11.5 Å². The molecule has 1 aliphatic heterocycles. The van der Waals surface area contributed by atoms with Gasteiger partial charge < -0.3 is 14.6 Å². The highest BCUT2D eigenvalue weighted by Gasteiger charge is 2.29. The molecule has 1 fully saturated rings. The Kier molecular flexibility index (Phi) is 5.04. The number of thiophene rings is 1. The molecule has 7 nitrogen and oxygen atoms in total. The van der Waals surface area contributed by atoms with Gasteiger partial charge in [-0.05, 0) is 43.3 Å². The third-order valence-electron chi connectivity index (χ3n) is 5.08. The number of benzene rings is 1. The van der Waals surface area contributed by atoms with Crippen LogP contribution in [-0.2, 0) is 4.79 Å². The van der Waals surface area contributed by atoms with Gasteiger partial charge in [0.1, 0.15) is 10.4 Å². The van der Waals surface area contributed by atoms with Crippen LogP contribution in [-0.4, -0.2) is 39.6 Å². The first kappa shape index (κ1) is 18.5. The SMILES string of the molecule is C[C@H](Oc1ccccc1)C(=O)N1CCC(n2c(=O)[nH]c3ccsc3c2=O)CC1. The second-order valence-electron chi connectivity index (χ2n) is 6.90. The van der Waals surface area contributed by atoms with Crippen molar-refractivity contribution in [3.8, 4) is 5.75 Å². The fourth-order valence-corrected chi connectivity index (χ4v) is 4.42. The Morgan fingerprint density at radius 3 is 2.61 bits per heavy atom. The number of amides is 1. The summed E-state index contributed by atoms with van der Waals surface area (Å²) in [6.45, 7) is 2.71. The Labute approximate surface area is 165 Å². The highest BCUT2D eigenvalue weighted by Crippen LogP contribution is 2.22. The molecule has 146 valence electrons. The van der Waals surface area contributed by atoms with Crippen LogP contribution < -0.4 is 16.0 Å². The molecule has 3 aromatic rings. The van der Waals surface area contributed by atoms with Crippen LogP contribution in [0.25, 0.3) is 10.2 Å². The number of H-pyrrole nitrogens is 1. The van der Waals surface area contributed by atoms with E-state index >= 15 is 0 Å². The molecule has 28 heavy (non-hydrogen) atoms. The number of rotatable bonds is 4. The molecule has 1 atom stereocenters. The first-order valence-electron chi connectivity index (χ1n) is 9.27. The number of aromatic amines is 1. The average molecular weight is 399 g/mol. The minimum atomic E-state index is -0.590. The van der Waals surface area contributed by atoms with Gasteiger partial charge in [-0.15, -0.1) is 11.3 Å². The van der Waals surface area contributed by atoms with Crippen LogP contribution in [0.15, 0.2) is 51.4 Å². The third-order valence-corrected chi connectivity index (χ3v) is 5.99. The zero-order valence-corrected chi connectivity index (χ0v) is 16.3. The van der Waals surface area contributed by atoms with Crippen LogP contribution in [0, 0.1) is 0 Å². The summed E-state index contributed by atoms with van der Waals surface area (Å²) in [5.41, 5.74) is -0.0588. The van der Waals surface area contributed by atoms with Gasteiger partial charge in [0.05, 0.1) is 5.52 Å². The Bertz CT molecular complexity index is 1090. The third kappa shape index (κ3) is 3.47. The van der Waals surface area contributed by atoms with E-state index in [0.29, 0.717) is 41.9 Å². The Morgan fingerprint density at radius 1 is 1.18 bits per heavy atom. The molecule has 1 aromatic carbocycles. The highest BCUT2D eigenvalue weighted by molar-refractivity contribution is 7.17. The molecule has 1 amide bonds. The number of fused-ring (bicyclic) bond motifs is 1. The molecule has 3 heterocycles. The summed E-state index contributed by atoms with van der Waals surface area (Å²) in [6, 6.07) is 10.8. The lowest BCUT2D eigenvalue weighted by Gasteiger charge is -2.33. The van der Waals surface area contributed by atoms with Crippen LogP contribution >= 0.6 is 11.3 Å². The number of aromatic nitrogens is 2. The smallest absolute Gasteiger partial charge is 0.329 e. The van der Waals surface area contributed by atoms with Crippen molar-refractivity contribution in [2.24, 2.45) is 0 Å². The van der Waals surface area contributed by atoms with Gasteiger partial charge in [0.2, 0.25) is 0 Å². The van der Waals surface area contributed by atoms with Gasteiger partial charge in [-0.2, -0.15) is 0 Å². The van der Waals surface area contributed by atoms with Crippen molar-refractivity contribution < 1.29 is 9.53 Å². The van der Waals surface area contributed by atoms with E-state index in [9.17, 15) is 14.4 Å². The quantitative estimate of drug-likeness (QED) is 0.730. The minimum absolute atomic E-state index is 0.0859. The van der Waals surface area contributed by atoms with Crippen LogP contribution in [0.4, 0.5) is 0 Å². The number of hydrogen-bond acceptors (Lipinski definition) is 5. The topological polar surface area (TPSA) is 84.4 Å². The van der Waals surface area contributed by atoms with E-state index in [1.54, 1.807) is 23.3 Å². The molecule has 0 spiro atoms. The van der Waals surface area contributed by atoms with Crippen molar-refractivity contribution in [2.75, 3.05) is 13.1 Å². The van der Waals surface area contributed by atoms with Crippen molar-refractivity contribution in [1.29, 1.82) is 0 Å². The van der Waals surface area contributed by atoms with Gasteiger partial charge in [0.15, 0.2) is 6.10 Å². The second kappa shape index (κ2) is 7.63. The molecule has 0 bridgehead atoms. The van der Waals surface area contributed by atoms with Gasteiger partial charge >= 0.3 is 5.69 Å². The zero-order valence-electron chi connectivity index (χ0n) is 15.5. The van der Waals surface area contributed by atoms with Crippen LogP contribution in [0.5, 0.6) is 5.75 Å². The van der Waals surface area contributed by atoms with E-state index in [-0.39, 0.29) is 23.2 Å². The summed E-state index contributed by atoms with van der Waals surface area (Å²) >= 11 is 1.33. The summed E-state index contributed by atoms with van der Waals surface area (Å²) in [4.78, 5) is 42.3. The van der Waals surface area contributed by atoms with Crippen molar-refractivity contribution in [3.63, 3.8) is 0 Å². The second-order valence-corrected chi connectivity index (χ2v) is 7.81.